The van der Waals surface area contributed by atoms with Gasteiger partial charge in [-0.25, -0.2) is 9.78 Å². The maximum atomic E-state index is 11.1. The topological polar surface area (TPSA) is 83.3 Å². The third-order valence-electron chi connectivity index (χ3n) is 4.81. The first kappa shape index (κ1) is 19.8. The van der Waals surface area contributed by atoms with Gasteiger partial charge in [-0.3, -0.25) is 4.98 Å². The zero-order chi connectivity index (χ0) is 21.3. The molecule has 150 valence electrons. The second kappa shape index (κ2) is 8.08. The first-order valence-electron chi connectivity index (χ1n) is 9.46. The Morgan fingerprint density at radius 2 is 1.67 bits per heavy atom. The normalized spacial score (nSPS) is 10.9. The smallest absolute Gasteiger partial charge is 0.339 e. The monoisotopic (exact) mass is 416 g/mol. The molecule has 0 amide bonds. The van der Waals surface area contributed by atoms with E-state index in [2.05, 4.69) is 4.98 Å². The summed E-state index contributed by atoms with van der Waals surface area (Å²) in [6.45, 7) is 3.98. The molecule has 4 rings (SSSR count). The highest BCUT2D eigenvalue weighted by Gasteiger charge is 2.14. The van der Waals surface area contributed by atoms with E-state index in [0.717, 1.165) is 43.7 Å². The molecule has 2 aromatic carbocycles. The summed E-state index contributed by atoms with van der Waals surface area (Å²) in [6, 6.07) is 18.6. The van der Waals surface area contributed by atoms with Gasteiger partial charge < -0.3 is 10.2 Å². The van der Waals surface area contributed by atoms with Crippen molar-refractivity contribution in [2.75, 3.05) is 0 Å². The Kier molecular flexibility index (Phi) is 5.33. The lowest BCUT2D eigenvalue weighted by atomic mass is 10.0. The van der Waals surface area contributed by atoms with E-state index >= 15 is 0 Å². The minimum Gasteiger partial charge on any atom is -0.507 e. The summed E-state index contributed by atoms with van der Waals surface area (Å²) in [5, 5.41) is 20.1. The third-order valence-corrected chi connectivity index (χ3v) is 6.01. The summed E-state index contributed by atoms with van der Waals surface area (Å²) in [5.41, 5.74) is 5.53. The van der Waals surface area contributed by atoms with Crippen LogP contribution in [-0.4, -0.2) is 26.2 Å². The lowest BCUT2D eigenvalue weighted by molar-refractivity contribution is 0.0694. The van der Waals surface area contributed by atoms with Crippen molar-refractivity contribution in [1.82, 2.24) is 9.97 Å². The number of hydrogen-bond donors (Lipinski definition) is 2. The van der Waals surface area contributed by atoms with Gasteiger partial charge in [-0.2, -0.15) is 0 Å². The first-order valence-corrected chi connectivity index (χ1v) is 10.3. The van der Waals surface area contributed by atoms with Gasteiger partial charge in [0.2, 0.25) is 0 Å². The zero-order valence-electron chi connectivity index (χ0n) is 16.6. The highest BCUT2D eigenvalue weighted by atomic mass is 32.1. The van der Waals surface area contributed by atoms with Crippen LogP contribution in [0.1, 0.15) is 32.4 Å². The molecule has 0 fully saturated rings. The van der Waals surface area contributed by atoms with Crippen LogP contribution in [0.5, 0.6) is 5.75 Å². The molecule has 4 aromatic rings. The SMILES string of the molecule is Cc1cccc(Cc2nc(C)c(-c3cccc(-c4ccc(C(=O)O)c(O)c4)c3)s2)n1. The molecule has 0 atom stereocenters. The van der Waals surface area contributed by atoms with E-state index < -0.39 is 5.97 Å². The van der Waals surface area contributed by atoms with Crippen molar-refractivity contribution in [1.29, 1.82) is 0 Å². The molecule has 6 heteroatoms. The molecular formula is C24H20N2O3S. The predicted octanol–water partition coefficient (Wildman–Crippen LogP) is 5.48. The third kappa shape index (κ3) is 4.09. The number of aryl methyl sites for hydroxylation is 2. The molecule has 0 aliphatic carbocycles. The number of aromatic carboxylic acids is 1. The number of aromatic nitrogens is 2. The minimum absolute atomic E-state index is 0.109. The van der Waals surface area contributed by atoms with Crippen molar-refractivity contribution in [2.45, 2.75) is 20.3 Å². The maximum Gasteiger partial charge on any atom is 0.339 e. The van der Waals surface area contributed by atoms with Gasteiger partial charge in [0.15, 0.2) is 0 Å². The number of thiazole rings is 1. The minimum atomic E-state index is -1.15. The van der Waals surface area contributed by atoms with E-state index in [4.69, 9.17) is 10.1 Å². The quantitative estimate of drug-likeness (QED) is 0.450. The van der Waals surface area contributed by atoms with Gasteiger partial charge in [0.1, 0.15) is 11.3 Å². The van der Waals surface area contributed by atoms with Crippen LogP contribution in [0.15, 0.2) is 60.7 Å². The Morgan fingerprint density at radius 3 is 2.40 bits per heavy atom. The number of carboxylic acids is 1. The van der Waals surface area contributed by atoms with E-state index in [1.807, 2.05) is 56.3 Å². The number of benzene rings is 2. The summed E-state index contributed by atoms with van der Waals surface area (Å²) in [6.07, 6.45) is 0.692. The Balaban J connectivity index is 1.65. The van der Waals surface area contributed by atoms with Crippen molar-refractivity contribution in [2.24, 2.45) is 0 Å². The molecule has 2 aromatic heterocycles. The molecule has 0 saturated carbocycles. The zero-order valence-corrected chi connectivity index (χ0v) is 17.4. The maximum absolute atomic E-state index is 11.1. The van der Waals surface area contributed by atoms with Crippen molar-refractivity contribution >= 4 is 17.3 Å². The Bertz CT molecular complexity index is 1250. The molecule has 0 bridgehead atoms. The molecule has 0 radical (unpaired) electrons. The molecule has 2 N–H and O–H groups in total. The molecular weight excluding hydrogens is 396 g/mol. The Hall–Kier alpha value is -3.51. The van der Waals surface area contributed by atoms with Gasteiger partial charge in [-0.05, 0) is 60.9 Å². The summed E-state index contributed by atoms with van der Waals surface area (Å²) in [4.78, 5) is 21.5. The van der Waals surface area contributed by atoms with Gasteiger partial charge in [0.05, 0.1) is 15.6 Å². The second-order valence-corrected chi connectivity index (χ2v) is 8.17. The molecule has 0 unspecified atom stereocenters. The van der Waals surface area contributed by atoms with Gasteiger partial charge in [0.25, 0.3) is 0 Å². The highest BCUT2D eigenvalue weighted by Crippen LogP contribution is 2.34. The predicted molar refractivity (Wildman–Crippen MR) is 118 cm³/mol. The second-order valence-electron chi connectivity index (χ2n) is 7.09. The first-order chi connectivity index (χ1) is 14.4. The fourth-order valence-electron chi connectivity index (χ4n) is 3.38. The number of phenols is 1. The summed E-state index contributed by atoms with van der Waals surface area (Å²) < 4.78 is 0. The fourth-order valence-corrected chi connectivity index (χ4v) is 4.46. The lowest BCUT2D eigenvalue weighted by Crippen LogP contribution is -1.96. The Morgan fingerprint density at radius 1 is 0.933 bits per heavy atom. The standard InChI is InChI=1S/C24H20N2O3S/c1-14-5-3-8-19(25-14)13-22-26-15(2)23(30-22)18-7-4-6-16(11-18)17-9-10-20(24(28)29)21(27)12-17/h3-12,27H,13H2,1-2H3,(H,28,29). The summed E-state index contributed by atoms with van der Waals surface area (Å²) in [5.74, 6) is -1.39. The number of pyridine rings is 1. The average molecular weight is 417 g/mol. The average Bonchev–Trinajstić information content (AvgIpc) is 3.07. The molecule has 0 aliphatic heterocycles. The fraction of sp³-hybridized carbons (Fsp3) is 0.125. The van der Waals surface area contributed by atoms with Crippen LogP contribution < -0.4 is 0 Å². The van der Waals surface area contributed by atoms with Crippen LogP contribution in [0.2, 0.25) is 0 Å². The largest absolute Gasteiger partial charge is 0.507 e. The van der Waals surface area contributed by atoms with Gasteiger partial charge >= 0.3 is 5.97 Å². The van der Waals surface area contributed by atoms with Crippen LogP contribution in [0.3, 0.4) is 0 Å². The summed E-state index contributed by atoms with van der Waals surface area (Å²) >= 11 is 1.65. The van der Waals surface area contributed by atoms with E-state index in [1.54, 1.807) is 17.4 Å². The van der Waals surface area contributed by atoms with Gasteiger partial charge in [0, 0.05) is 17.8 Å². The van der Waals surface area contributed by atoms with E-state index in [0.29, 0.717) is 6.42 Å². The van der Waals surface area contributed by atoms with Crippen molar-refractivity contribution in [3.8, 4) is 27.3 Å². The highest BCUT2D eigenvalue weighted by molar-refractivity contribution is 7.15. The molecule has 30 heavy (non-hydrogen) atoms. The number of aromatic hydroxyl groups is 1. The number of rotatable bonds is 5. The van der Waals surface area contributed by atoms with Gasteiger partial charge in [-0.15, -0.1) is 11.3 Å². The van der Waals surface area contributed by atoms with Crippen molar-refractivity contribution in [3.63, 3.8) is 0 Å². The van der Waals surface area contributed by atoms with Crippen LogP contribution >= 0.6 is 11.3 Å². The lowest BCUT2D eigenvalue weighted by Gasteiger charge is -2.07. The molecule has 5 nitrogen and oxygen atoms in total. The van der Waals surface area contributed by atoms with Crippen molar-refractivity contribution in [3.05, 3.63) is 88.3 Å². The van der Waals surface area contributed by atoms with Crippen LogP contribution in [0, 0.1) is 13.8 Å². The van der Waals surface area contributed by atoms with E-state index in [9.17, 15) is 9.90 Å². The number of nitrogens with zero attached hydrogens (tertiary/aromatic N) is 2. The Labute approximate surface area is 178 Å². The summed E-state index contributed by atoms with van der Waals surface area (Å²) in [7, 11) is 0. The van der Waals surface area contributed by atoms with E-state index in [-0.39, 0.29) is 11.3 Å². The molecule has 0 spiro atoms. The number of carboxylic acid groups (broad SMARTS) is 1. The molecule has 2 heterocycles. The van der Waals surface area contributed by atoms with Crippen LogP contribution in [0.25, 0.3) is 21.6 Å². The van der Waals surface area contributed by atoms with Crippen molar-refractivity contribution < 1.29 is 15.0 Å². The van der Waals surface area contributed by atoms with Crippen LogP contribution in [-0.2, 0) is 6.42 Å². The molecule has 0 saturated heterocycles. The molecule has 0 aliphatic rings. The van der Waals surface area contributed by atoms with Crippen LogP contribution in [0.4, 0.5) is 0 Å². The van der Waals surface area contributed by atoms with E-state index in [1.165, 1.54) is 12.1 Å². The number of hydrogen-bond acceptors (Lipinski definition) is 5. The number of carbonyl (C=O) groups is 1. The van der Waals surface area contributed by atoms with Gasteiger partial charge in [-0.1, -0.05) is 30.3 Å².